The maximum atomic E-state index is 10.5. The number of rotatable bonds is 3. The number of carboxylic acids is 1. The van der Waals surface area contributed by atoms with Crippen LogP contribution in [0.25, 0.3) is 0 Å². The van der Waals surface area contributed by atoms with Crippen molar-refractivity contribution in [3.63, 3.8) is 0 Å². The molecule has 0 unspecified atom stereocenters. The van der Waals surface area contributed by atoms with Crippen molar-refractivity contribution in [2.24, 2.45) is 0 Å². The van der Waals surface area contributed by atoms with Crippen LogP contribution in [0.4, 0.5) is 5.95 Å². The Kier molecular flexibility index (Phi) is 3.01. The van der Waals surface area contributed by atoms with E-state index in [4.69, 9.17) is 5.11 Å². The topological polar surface area (TPSA) is 66.3 Å². The van der Waals surface area contributed by atoms with Gasteiger partial charge in [0.25, 0.3) is 0 Å². The highest BCUT2D eigenvalue weighted by atomic mass is 16.4. The summed E-state index contributed by atoms with van der Waals surface area (Å²) in [6, 6.07) is 0. The van der Waals surface area contributed by atoms with Crippen molar-refractivity contribution in [1.82, 2.24) is 9.97 Å². The fourth-order valence-electron chi connectivity index (χ4n) is 1.03. The van der Waals surface area contributed by atoms with Gasteiger partial charge in [0.1, 0.15) is 0 Å². The van der Waals surface area contributed by atoms with Crippen LogP contribution in [0.1, 0.15) is 11.3 Å². The molecule has 1 aromatic rings. The average molecular weight is 195 g/mol. The zero-order valence-electron chi connectivity index (χ0n) is 8.48. The molecule has 1 rings (SSSR count). The monoisotopic (exact) mass is 195 g/mol. The molecule has 1 heterocycles. The number of carboxylic acid groups (broad SMARTS) is 1. The number of hydrogen-bond acceptors (Lipinski definition) is 4. The Bertz CT molecular complexity index is 350. The molecule has 0 radical (unpaired) electrons. The van der Waals surface area contributed by atoms with Crippen LogP contribution in [0.3, 0.4) is 0 Å². The van der Waals surface area contributed by atoms with Gasteiger partial charge in [-0.1, -0.05) is 0 Å². The van der Waals surface area contributed by atoms with Crippen molar-refractivity contribution in [2.45, 2.75) is 13.3 Å². The van der Waals surface area contributed by atoms with Crippen LogP contribution >= 0.6 is 0 Å². The van der Waals surface area contributed by atoms with Gasteiger partial charge in [-0.05, 0) is 6.92 Å². The number of aliphatic carboxylic acids is 1. The molecular formula is C9H13N3O2. The van der Waals surface area contributed by atoms with Crippen molar-refractivity contribution in [1.29, 1.82) is 0 Å². The molecule has 0 aliphatic carbocycles. The number of hydrogen-bond donors (Lipinski definition) is 1. The zero-order chi connectivity index (χ0) is 10.7. The zero-order valence-corrected chi connectivity index (χ0v) is 8.48. The Balaban J connectivity index is 2.95. The quantitative estimate of drug-likeness (QED) is 0.759. The minimum atomic E-state index is -0.866. The second kappa shape index (κ2) is 4.04. The standard InChI is InChI=1S/C9H13N3O2/c1-6-7(4-8(13)14)5-10-9(11-6)12(2)3/h5H,4H2,1-3H3,(H,13,14). The third kappa shape index (κ3) is 2.42. The van der Waals surface area contributed by atoms with Gasteiger partial charge in [0.2, 0.25) is 5.95 Å². The molecule has 0 saturated heterocycles. The molecule has 1 aromatic heterocycles. The molecule has 1 N–H and O–H groups in total. The molecule has 0 aliphatic rings. The van der Waals surface area contributed by atoms with E-state index < -0.39 is 5.97 Å². The minimum Gasteiger partial charge on any atom is -0.481 e. The molecule has 14 heavy (non-hydrogen) atoms. The van der Waals surface area contributed by atoms with Crippen molar-refractivity contribution in [3.8, 4) is 0 Å². The summed E-state index contributed by atoms with van der Waals surface area (Å²) in [5.74, 6) is -0.272. The number of aryl methyl sites for hydroxylation is 1. The molecule has 0 spiro atoms. The summed E-state index contributed by atoms with van der Waals surface area (Å²) < 4.78 is 0. The maximum Gasteiger partial charge on any atom is 0.307 e. The Labute approximate surface area is 82.4 Å². The second-order valence-corrected chi connectivity index (χ2v) is 3.25. The SMILES string of the molecule is Cc1nc(N(C)C)ncc1CC(=O)O. The fraction of sp³-hybridized carbons (Fsp3) is 0.444. The van der Waals surface area contributed by atoms with Crippen molar-refractivity contribution < 1.29 is 9.90 Å². The molecule has 0 fully saturated rings. The number of aromatic nitrogens is 2. The van der Waals surface area contributed by atoms with Crippen LogP contribution in [-0.4, -0.2) is 35.1 Å². The van der Waals surface area contributed by atoms with E-state index in [0.717, 1.165) is 0 Å². The van der Waals surface area contributed by atoms with Gasteiger partial charge in [-0.2, -0.15) is 0 Å². The van der Waals surface area contributed by atoms with Gasteiger partial charge in [-0.25, -0.2) is 9.97 Å². The van der Waals surface area contributed by atoms with Gasteiger partial charge in [0, 0.05) is 31.5 Å². The Morgan fingerprint density at radius 1 is 1.57 bits per heavy atom. The van der Waals surface area contributed by atoms with Gasteiger partial charge in [0.05, 0.1) is 6.42 Å². The molecule has 0 bridgehead atoms. The summed E-state index contributed by atoms with van der Waals surface area (Å²) in [5, 5.41) is 8.60. The highest BCUT2D eigenvalue weighted by Gasteiger charge is 2.07. The number of nitrogens with zero attached hydrogens (tertiary/aromatic N) is 3. The molecule has 0 aromatic carbocycles. The molecular weight excluding hydrogens is 182 g/mol. The van der Waals surface area contributed by atoms with Crippen molar-refractivity contribution >= 4 is 11.9 Å². The lowest BCUT2D eigenvalue weighted by molar-refractivity contribution is -0.136. The largest absolute Gasteiger partial charge is 0.481 e. The average Bonchev–Trinajstić information content (AvgIpc) is 2.07. The van der Waals surface area contributed by atoms with Gasteiger partial charge >= 0.3 is 5.97 Å². The second-order valence-electron chi connectivity index (χ2n) is 3.25. The van der Waals surface area contributed by atoms with Gasteiger partial charge < -0.3 is 10.0 Å². The van der Waals surface area contributed by atoms with Crippen LogP contribution in [0, 0.1) is 6.92 Å². The molecule has 0 amide bonds. The molecule has 0 atom stereocenters. The predicted molar refractivity (Wildman–Crippen MR) is 52.4 cm³/mol. The van der Waals surface area contributed by atoms with Gasteiger partial charge in [-0.15, -0.1) is 0 Å². The van der Waals surface area contributed by atoms with Crippen molar-refractivity contribution in [2.75, 3.05) is 19.0 Å². The summed E-state index contributed by atoms with van der Waals surface area (Å²) in [5.41, 5.74) is 1.37. The van der Waals surface area contributed by atoms with E-state index in [9.17, 15) is 4.79 Å². The summed E-state index contributed by atoms with van der Waals surface area (Å²) in [7, 11) is 3.68. The molecule has 0 saturated carbocycles. The van der Waals surface area contributed by atoms with Crippen LogP contribution in [0.5, 0.6) is 0 Å². The minimum absolute atomic E-state index is 0.0282. The highest BCUT2D eigenvalue weighted by Crippen LogP contribution is 2.09. The van der Waals surface area contributed by atoms with Gasteiger partial charge in [0.15, 0.2) is 0 Å². The van der Waals surface area contributed by atoms with Crippen LogP contribution < -0.4 is 4.90 Å². The van der Waals surface area contributed by atoms with E-state index in [0.29, 0.717) is 17.2 Å². The smallest absolute Gasteiger partial charge is 0.307 e. The molecule has 76 valence electrons. The van der Waals surface area contributed by atoms with Crippen molar-refractivity contribution in [3.05, 3.63) is 17.5 Å². The molecule has 5 nitrogen and oxygen atoms in total. The van der Waals surface area contributed by atoms with Crippen LogP contribution in [0.2, 0.25) is 0 Å². The van der Waals surface area contributed by atoms with Crippen LogP contribution in [0.15, 0.2) is 6.20 Å². The first-order valence-corrected chi connectivity index (χ1v) is 4.22. The Morgan fingerprint density at radius 2 is 2.21 bits per heavy atom. The third-order valence-electron chi connectivity index (χ3n) is 1.81. The van der Waals surface area contributed by atoms with E-state index in [-0.39, 0.29) is 6.42 Å². The summed E-state index contributed by atoms with van der Waals surface area (Å²) in [6.45, 7) is 1.78. The Morgan fingerprint density at radius 3 is 2.64 bits per heavy atom. The molecule has 5 heteroatoms. The first-order valence-electron chi connectivity index (χ1n) is 4.22. The lowest BCUT2D eigenvalue weighted by atomic mass is 10.2. The maximum absolute atomic E-state index is 10.5. The molecule has 0 aliphatic heterocycles. The van der Waals surface area contributed by atoms with E-state index in [1.54, 1.807) is 18.0 Å². The first-order chi connectivity index (χ1) is 6.50. The van der Waals surface area contributed by atoms with E-state index in [2.05, 4.69) is 9.97 Å². The van der Waals surface area contributed by atoms with E-state index in [1.165, 1.54) is 0 Å². The fourth-order valence-corrected chi connectivity index (χ4v) is 1.03. The lowest BCUT2D eigenvalue weighted by Gasteiger charge is -2.11. The lowest BCUT2D eigenvalue weighted by Crippen LogP contribution is -2.14. The summed E-state index contributed by atoms with van der Waals surface area (Å²) in [6.07, 6.45) is 1.53. The van der Waals surface area contributed by atoms with Gasteiger partial charge in [-0.3, -0.25) is 4.79 Å². The third-order valence-corrected chi connectivity index (χ3v) is 1.81. The number of anilines is 1. The summed E-state index contributed by atoms with van der Waals surface area (Å²) in [4.78, 5) is 20.5. The summed E-state index contributed by atoms with van der Waals surface area (Å²) >= 11 is 0. The Hall–Kier alpha value is -1.65. The van der Waals surface area contributed by atoms with E-state index in [1.807, 2.05) is 14.1 Å². The number of carbonyl (C=O) groups is 1. The van der Waals surface area contributed by atoms with Crippen LogP contribution in [-0.2, 0) is 11.2 Å². The normalized spacial score (nSPS) is 9.93. The first kappa shape index (κ1) is 10.4. The predicted octanol–water partition coefficient (Wildman–Crippen LogP) is 0.478. The van der Waals surface area contributed by atoms with E-state index >= 15 is 0 Å². The highest BCUT2D eigenvalue weighted by molar-refractivity contribution is 5.70.